The quantitative estimate of drug-likeness (QED) is 0.189. The Hall–Kier alpha value is -4.82. The summed E-state index contributed by atoms with van der Waals surface area (Å²) < 4.78 is 1.80. The second kappa shape index (κ2) is 13.2. The van der Waals surface area contributed by atoms with Crippen LogP contribution in [0.3, 0.4) is 0 Å². The van der Waals surface area contributed by atoms with Gasteiger partial charge in [0.15, 0.2) is 0 Å². The third kappa shape index (κ3) is 6.71. The van der Waals surface area contributed by atoms with Crippen molar-refractivity contribution in [2.45, 2.75) is 45.8 Å². The van der Waals surface area contributed by atoms with Crippen molar-refractivity contribution in [3.05, 3.63) is 141 Å². The highest BCUT2D eigenvalue weighted by atomic mass is 32.1. The number of carbonyl (C=O) groups excluding carboxylic acids is 2. The molecule has 0 fully saturated rings. The Bertz CT molecular complexity index is 1760. The van der Waals surface area contributed by atoms with Crippen LogP contribution in [-0.4, -0.2) is 49.0 Å². The molecule has 3 heterocycles. The molecule has 5 aromatic rings. The lowest BCUT2D eigenvalue weighted by Gasteiger charge is -2.37. The maximum Gasteiger partial charge on any atom is 0.247 e. The van der Waals surface area contributed by atoms with Gasteiger partial charge < -0.3 is 9.80 Å². The average molecular weight is 602 g/mol. The molecule has 222 valence electrons. The number of hydrogen-bond acceptors (Lipinski definition) is 5. The van der Waals surface area contributed by atoms with Gasteiger partial charge in [-0.15, -0.1) is 11.3 Å². The third-order valence-corrected chi connectivity index (χ3v) is 9.07. The first-order valence-electron chi connectivity index (χ1n) is 14.9. The number of thiazole rings is 1. The van der Waals surface area contributed by atoms with E-state index in [2.05, 4.69) is 22.2 Å². The summed E-state index contributed by atoms with van der Waals surface area (Å²) in [6.45, 7) is 5.35. The molecule has 1 aliphatic rings. The summed E-state index contributed by atoms with van der Waals surface area (Å²) in [6, 6.07) is 27.4. The van der Waals surface area contributed by atoms with Gasteiger partial charge >= 0.3 is 0 Å². The first-order chi connectivity index (χ1) is 21.4. The lowest BCUT2D eigenvalue weighted by Crippen LogP contribution is -2.52. The van der Waals surface area contributed by atoms with Crippen LogP contribution in [0.4, 0.5) is 0 Å². The normalized spacial score (nSPS) is 13.5. The molecule has 0 unspecified atom stereocenters. The van der Waals surface area contributed by atoms with Crippen LogP contribution in [0.15, 0.2) is 103 Å². The van der Waals surface area contributed by atoms with Crippen molar-refractivity contribution in [3.63, 3.8) is 0 Å². The van der Waals surface area contributed by atoms with Crippen molar-refractivity contribution in [2.24, 2.45) is 0 Å². The summed E-state index contributed by atoms with van der Waals surface area (Å²) in [4.78, 5) is 37.7. The highest BCUT2D eigenvalue weighted by Gasteiger charge is 2.34. The molecule has 1 atom stereocenters. The minimum absolute atomic E-state index is 0.0388. The minimum atomic E-state index is -0.685. The van der Waals surface area contributed by atoms with Crippen molar-refractivity contribution < 1.29 is 9.59 Å². The number of amides is 2. The summed E-state index contributed by atoms with van der Waals surface area (Å²) >= 11 is 1.55. The summed E-state index contributed by atoms with van der Waals surface area (Å²) in [5, 5.41) is 5.27. The van der Waals surface area contributed by atoms with E-state index in [1.807, 2.05) is 104 Å². The molecule has 1 aliphatic heterocycles. The molecule has 7 nitrogen and oxygen atoms in total. The van der Waals surface area contributed by atoms with Gasteiger partial charge in [-0.3, -0.25) is 9.59 Å². The van der Waals surface area contributed by atoms with E-state index < -0.39 is 6.04 Å². The van der Waals surface area contributed by atoms with Crippen molar-refractivity contribution in [1.82, 2.24) is 24.6 Å². The van der Waals surface area contributed by atoms with Gasteiger partial charge in [0.2, 0.25) is 11.8 Å². The van der Waals surface area contributed by atoms with E-state index in [9.17, 15) is 9.59 Å². The molecule has 8 heteroatoms. The molecule has 44 heavy (non-hydrogen) atoms. The number of rotatable bonds is 9. The highest BCUT2D eigenvalue weighted by molar-refractivity contribution is 7.12. The summed E-state index contributed by atoms with van der Waals surface area (Å²) in [5.74, 6) is -0.249. The maximum atomic E-state index is 14.5. The Balaban J connectivity index is 1.35. The first kappa shape index (κ1) is 29.3. The summed E-state index contributed by atoms with van der Waals surface area (Å²) in [6.07, 6.45) is 8.27. The van der Waals surface area contributed by atoms with Crippen LogP contribution in [0.25, 0.3) is 11.8 Å². The van der Waals surface area contributed by atoms with E-state index in [-0.39, 0.29) is 18.4 Å². The van der Waals surface area contributed by atoms with E-state index in [4.69, 9.17) is 0 Å². The van der Waals surface area contributed by atoms with Crippen LogP contribution in [-0.2, 0) is 35.5 Å². The standard InChI is InChI=1S/C36H35N5O2S/c1-26-34(44-27(2)38-26)17-18-35(42)40(24-29-13-15-32(16-14-29)41-21-8-20-37-41)33(23-28-9-4-3-5-10-28)36(43)39-22-19-30-11-6-7-12-31(30)25-39/h3-18,20-21,33H,19,22-25H2,1-2H3/b18-17+/t33-/m0/s1. The van der Waals surface area contributed by atoms with E-state index >= 15 is 0 Å². The number of benzene rings is 3. The minimum Gasteiger partial charge on any atom is -0.336 e. The monoisotopic (exact) mass is 601 g/mol. The number of aryl methyl sites for hydroxylation is 2. The molecule has 3 aromatic carbocycles. The molecule has 6 rings (SSSR count). The fraction of sp³-hybridized carbons (Fsp3) is 0.222. The fourth-order valence-corrected chi connectivity index (χ4v) is 6.55. The number of aromatic nitrogens is 3. The molecule has 2 amide bonds. The molecular formula is C36H35N5O2S. The lowest BCUT2D eigenvalue weighted by atomic mass is 9.97. The van der Waals surface area contributed by atoms with Crippen LogP contribution in [0.2, 0.25) is 0 Å². The second-order valence-corrected chi connectivity index (χ2v) is 12.3. The molecule has 0 saturated heterocycles. The zero-order chi connectivity index (χ0) is 30.5. The molecule has 0 saturated carbocycles. The number of fused-ring (bicyclic) bond motifs is 1. The van der Waals surface area contributed by atoms with Gasteiger partial charge in [-0.05, 0) is 66.8 Å². The van der Waals surface area contributed by atoms with Crippen LogP contribution >= 0.6 is 11.3 Å². The van der Waals surface area contributed by atoms with E-state index in [1.165, 1.54) is 5.56 Å². The van der Waals surface area contributed by atoms with Crippen molar-refractivity contribution in [2.75, 3.05) is 6.54 Å². The Kier molecular flexibility index (Phi) is 8.79. The SMILES string of the molecule is Cc1nc(C)c(/C=C/C(=O)N(Cc2ccc(-n3cccn3)cc2)[C@@H](Cc2ccccc2)C(=O)N2CCc3ccccc3C2)s1. The number of carbonyl (C=O) groups is 2. The second-order valence-electron chi connectivity index (χ2n) is 11.1. The number of hydrogen-bond donors (Lipinski definition) is 0. The van der Waals surface area contributed by atoms with Crippen LogP contribution < -0.4 is 0 Å². The van der Waals surface area contributed by atoms with Gasteiger partial charge in [-0.1, -0.05) is 66.7 Å². The van der Waals surface area contributed by atoms with Crippen LogP contribution in [0, 0.1) is 13.8 Å². The van der Waals surface area contributed by atoms with Crippen molar-refractivity contribution >= 4 is 29.2 Å². The molecule has 0 spiro atoms. The van der Waals surface area contributed by atoms with Gasteiger partial charge in [-0.2, -0.15) is 5.10 Å². The van der Waals surface area contributed by atoms with Gasteiger partial charge in [0.25, 0.3) is 0 Å². The lowest BCUT2D eigenvalue weighted by molar-refractivity contribution is -0.144. The predicted octanol–water partition coefficient (Wildman–Crippen LogP) is 6.18. The first-order valence-corrected chi connectivity index (χ1v) is 15.7. The third-order valence-electron chi connectivity index (χ3n) is 8.03. The zero-order valence-corrected chi connectivity index (χ0v) is 25.8. The summed E-state index contributed by atoms with van der Waals surface area (Å²) in [5.41, 5.74) is 6.20. The smallest absolute Gasteiger partial charge is 0.247 e. The van der Waals surface area contributed by atoms with Crippen molar-refractivity contribution in [3.8, 4) is 5.69 Å². The average Bonchev–Trinajstić information content (AvgIpc) is 3.71. The van der Waals surface area contributed by atoms with Crippen molar-refractivity contribution in [1.29, 1.82) is 0 Å². The van der Waals surface area contributed by atoms with Gasteiger partial charge in [0.05, 0.1) is 21.3 Å². The largest absolute Gasteiger partial charge is 0.336 e. The highest BCUT2D eigenvalue weighted by Crippen LogP contribution is 2.24. The number of nitrogens with zero attached hydrogens (tertiary/aromatic N) is 5. The van der Waals surface area contributed by atoms with E-state index in [0.29, 0.717) is 19.5 Å². The van der Waals surface area contributed by atoms with Crippen LogP contribution in [0.5, 0.6) is 0 Å². The fourth-order valence-electron chi connectivity index (χ4n) is 5.72. The van der Waals surface area contributed by atoms with Crippen LogP contribution in [0.1, 0.15) is 37.8 Å². The Morgan fingerprint density at radius 3 is 2.39 bits per heavy atom. The van der Waals surface area contributed by atoms with E-state index in [0.717, 1.165) is 44.4 Å². The van der Waals surface area contributed by atoms with Gasteiger partial charge in [0.1, 0.15) is 6.04 Å². The molecular weight excluding hydrogens is 566 g/mol. The molecule has 0 bridgehead atoms. The summed E-state index contributed by atoms with van der Waals surface area (Å²) in [7, 11) is 0. The zero-order valence-electron chi connectivity index (χ0n) is 25.0. The topological polar surface area (TPSA) is 71.3 Å². The maximum absolute atomic E-state index is 14.5. The van der Waals surface area contributed by atoms with E-state index in [1.54, 1.807) is 33.2 Å². The molecule has 0 radical (unpaired) electrons. The molecule has 0 N–H and O–H groups in total. The van der Waals surface area contributed by atoms with Gasteiger partial charge in [0, 0.05) is 44.5 Å². The molecule has 0 aliphatic carbocycles. The Labute approximate surface area is 262 Å². The predicted molar refractivity (Wildman–Crippen MR) is 174 cm³/mol. The van der Waals surface area contributed by atoms with Gasteiger partial charge in [-0.25, -0.2) is 9.67 Å². The molecule has 2 aromatic heterocycles. The Morgan fingerprint density at radius 2 is 1.68 bits per heavy atom. The Morgan fingerprint density at radius 1 is 0.932 bits per heavy atom.